The predicted molar refractivity (Wildman–Crippen MR) is 101 cm³/mol. The fraction of sp³-hybridized carbons (Fsp3) is 0.176. The maximum Gasteiger partial charge on any atom is 0.337 e. The number of carboxylic acid groups (broad SMARTS) is 1. The van der Waals surface area contributed by atoms with Crippen molar-refractivity contribution in [3.8, 4) is 6.07 Å². The van der Waals surface area contributed by atoms with Crippen LogP contribution >= 0.6 is 23.2 Å². The van der Waals surface area contributed by atoms with E-state index in [0.717, 1.165) is 12.2 Å². The van der Waals surface area contributed by atoms with E-state index < -0.39 is 11.9 Å². The average Bonchev–Trinajstić information content (AvgIpc) is 2.58. The molecular weight excluding hydrogens is 385 g/mol. The zero-order valence-electron chi connectivity index (χ0n) is 14.8. The van der Waals surface area contributed by atoms with Crippen LogP contribution in [0.5, 0.6) is 0 Å². The Morgan fingerprint density at radius 2 is 1.38 bits per heavy atom. The Morgan fingerprint density at radius 3 is 1.54 bits per heavy atom. The summed E-state index contributed by atoms with van der Waals surface area (Å²) in [5, 5.41) is 15.6. The summed E-state index contributed by atoms with van der Waals surface area (Å²) >= 11 is 9.69. The van der Waals surface area contributed by atoms with E-state index in [0.29, 0.717) is 5.57 Å². The second-order valence-corrected chi connectivity index (χ2v) is 4.74. The highest BCUT2D eigenvalue weighted by molar-refractivity contribution is 6.55. The molecule has 0 bridgehead atoms. The van der Waals surface area contributed by atoms with Crippen LogP contribution in [0.25, 0.3) is 0 Å². The molecule has 0 saturated carbocycles. The standard InChI is InChI=1S/C7H8O4.C5H8O2.C3H3N.C2H2Cl2/c1-5(7(10)11-2)3-4-6(8)9;1-4(2)5(6)7-3;1-2-3-4;1-2(3)4/h3-4H,1H2,2H3,(H,8,9);1H2,2-3H3;2H,1H2;1H2. The topological polar surface area (TPSA) is 114 Å². The van der Waals surface area contributed by atoms with Crippen LogP contribution in [-0.4, -0.2) is 37.2 Å². The van der Waals surface area contributed by atoms with Crippen molar-refractivity contribution in [2.24, 2.45) is 0 Å². The van der Waals surface area contributed by atoms with Gasteiger partial charge in [-0.15, -0.1) is 0 Å². The Balaban J connectivity index is -0.000000138. The fourth-order valence-electron chi connectivity index (χ4n) is 0.545. The number of hydrogen-bond donors (Lipinski definition) is 1. The van der Waals surface area contributed by atoms with Crippen molar-refractivity contribution >= 4 is 41.1 Å². The number of allylic oxidation sites excluding steroid dienone is 1. The molecule has 0 unspecified atom stereocenters. The lowest BCUT2D eigenvalue weighted by Gasteiger charge is -1.94. The maximum absolute atomic E-state index is 10.6. The van der Waals surface area contributed by atoms with Crippen LogP contribution in [0.2, 0.25) is 0 Å². The number of methoxy groups -OCH3 is 2. The minimum absolute atomic E-state index is 0.00917. The fourth-order valence-corrected chi connectivity index (χ4v) is 0.545. The highest BCUT2D eigenvalue weighted by Gasteiger charge is 2.01. The lowest BCUT2D eigenvalue weighted by Crippen LogP contribution is -2.01. The molecule has 0 aliphatic heterocycles. The van der Waals surface area contributed by atoms with Crippen LogP contribution in [0.15, 0.2) is 60.2 Å². The number of ether oxygens (including phenoxy) is 2. The summed E-state index contributed by atoms with van der Waals surface area (Å²) in [6.07, 6.45) is 3.08. The molecule has 0 aromatic carbocycles. The van der Waals surface area contributed by atoms with Crippen molar-refractivity contribution in [1.29, 1.82) is 5.26 Å². The molecule has 0 aliphatic carbocycles. The maximum atomic E-state index is 10.6. The van der Waals surface area contributed by atoms with Crippen molar-refractivity contribution in [1.82, 2.24) is 0 Å². The van der Waals surface area contributed by atoms with E-state index in [-0.39, 0.29) is 16.0 Å². The summed E-state index contributed by atoms with van der Waals surface area (Å²) < 4.78 is 8.65. The first-order chi connectivity index (χ1) is 11.9. The minimum atomic E-state index is -1.13. The number of rotatable bonds is 4. The quantitative estimate of drug-likeness (QED) is 0.328. The molecule has 0 rings (SSSR count). The monoisotopic (exact) mass is 405 g/mol. The SMILES string of the molecule is C=C(C)C(=O)OC.C=C(C=CC(=O)O)C(=O)OC.C=C(Cl)Cl.C=CC#N. The second-order valence-electron chi connectivity index (χ2n) is 3.63. The first kappa shape index (κ1) is 31.0. The number of nitriles is 1. The van der Waals surface area contributed by atoms with Gasteiger partial charge in [0.25, 0.3) is 0 Å². The summed E-state index contributed by atoms with van der Waals surface area (Å²) in [6, 6.07) is 1.69. The number of carbonyl (C=O) groups excluding carboxylic acids is 2. The Bertz CT molecular complexity index is 585. The van der Waals surface area contributed by atoms with Crippen LogP contribution in [0.3, 0.4) is 0 Å². The van der Waals surface area contributed by atoms with Gasteiger partial charge >= 0.3 is 17.9 Å². The van der Waals surface area contributed by atoms with Gasteiger partial charge in [0.15, 0.2) is 0 Å². The van der Waals surface area contributed by atoms with E-state index in [9.17, 15) is 14.4 Å². The predicted octanol–water partition coefficient (Wildman–Crippen LogP) is 3.72. The molecule has 26 heavy (non-hydrogen) atoms. The molecule has 0 spiro atoms. The third kappa shape index (κ3) is 37.4. The molecule has 0 amide bonds. The summed E-state index contributed by atoms with van der Waals surface area (Å²) in [4.78, 5) is 30.7. The van der Waals surface area contributed by atoms with Gasteiger partial charge in [0.2, 0.25) is 0 Å². The Labute approximate surface area is 163 Å². The largest absolute Gasteiger partial charge is 0.478 e. The van der Waals surface area contributed by atoms with Gasteiger partial charge in [-0.3, -0.25) is 0 Å². The number of carbonyl (C=O) groups is 3. The number of esters is 2. The van der Waals surface area contributed by atoms with Gasteiger partial charge in [0.05, 0.1) is 30.4 Å². The van der Waals surface area contributed by atoms with E-state index in [4.69, 9.17) is 33.6 Å². The molecule has 9 heteroatoms. The highest BCUT2D eigenvalue weighted by atomic mass is 35.5. The van der Waals surface area contributed by atoms with Crippen molar-refractivity contribution in [2.75, 3.05) is 14.2 Å². The van der Waals surface area contributed by atoms with Crippen LogP contribution in [0.1, 0.15) is 6.92 Å². The van der Waals surface area contributed by atoms with Crippen LogP contribution in [0.4, 0.5) is 0 Å². The Morgan fingerprint density at radius 1 is 1.04 bits per heavy atom. The smallest absolute Gasteiger partial charge is 0.337 e. The van der Waals surface area contributed by atoms with E-state index in [1.54, 1.807) is 13.0 Å². The first-order valence-electron chi connectivity index (χ1n) is 6.33. The number of halogens is 2. The van der Waals surface area contributed by atoms with E-state index in [1.165, 1.54) is 20.3 Å². The molecule has 0 radical (unpaired) electrons. The first-order valence-corrected chi connectivity index (χ1v) is 7.09. The molecule has 0 aliphatic rings. The van der Waals surface area contributed by atoms with Crippen molar-refractivity contribution in [2.45, 2.75) is 6.92 Å². The molecule has 1 N–H and O–H groups in total. The number of carboxylic acids is 1. The molecule has 0 fully saturated rings. The molecular formula is C17H21Cl2NO6. The van der Waals surface area contributed by atoms with Crippen LogP contribution in [-0.2, 0) is 23.9 Å². The van der Waals surface area contributed by atoms with Crippen molar-refractivity contribution in [3.05, 3.63) is 60.2 Å². The van der Waals surface area contributed by atoms with Crippen molar-refractivity contribution < 1.29 is 29.0 Å². The van der Waals surface area contributed by atoms with Gasteiger partial charge in [-0.05, 0) is 13.0 Å². The molecule has 144 valence electrons. The number of aliphatic carboxylic acids is 1. The number of nitrogens with zero attached hydrogens (tertiary/aromatic N) is 1. The Hall–Kier alpha value is -2.82. The van der Waals surface area contributed by atoms with E-state index in [2.05, 4.69) is 35.8 Å². The van der Waals surface area contributed by atoms with Gasteiger partial charge in [-0.2, -0.15) is 5.26 Å². The summed E-state index contributed by atoms with van der Waals surface area (Å²) in [5.41, 5.74) is 0.442. The summed E-state index contributed by atoms with van der Waals surface area (Å²) in [7, 11) is 2.53. The molecule has 0 heterocycles. The lowest BCUT2D eigenvalue weighted by atomic mass is 10.3. The lowest BCUT2D eigenvalue weighted by molar-refractivity contribution is -0.136. The zero-order chi connectivity index (χ0) is 21.7. The Kier molecular flexibility index (Phi) is 26.4. The molecule has 0 atom stereocenters. The highest BCUT2D eigenvalue weighted by Crippen LogP contribution is 1.98. The van der Waals surface area contributed by atoms with Crippen LogP contribution in [0, 0.1) is 11.3 Å². The molecule has 0 aromatic heterocycles. The summed E-state index contributed by atoms with van der Waals surface area (Å²) in [6.45, 7) is 14.4. The molecule has 0 saturated heterocycles. The third-order valence-corrected chi connectivity index (χ3v) is 1.50. The zero-order valence-corrected chi connectivity index (χ0v) is 16.3. The number of hydrogen-bond acceptors (Lipinski definition) is 6. The van der Waals surface area contributed by atoms with Gasteiger partial charge in [0.1, 0.15) is 0 Å². The van der Waals surface area contributed by atoms with Gasteiger partial charge < -0.3 is 14.6 Å². The molecule has 0 aromatic rings. The minimum Gasteiger partial charge on any atom is -0.478 e. The molecule has 7 nitrogen and oxygen atoms in total. The third-order valence-electron chi connectivity index (χ3n) is 1.50. The van der Waals surface area contributed by atoms with Gasteiger partial charge in [-0.25, -0.2) is 14.4 Å². The van der Waals surface area contributed by atoms with Crippen LogP contribution < -0.4 is 0 Å². The van der Waals surface area contributed by atoms with E-state index >= 15 is 0 Å². The van der Waals surface area contributed by atoms with E-state index in [1.807, 2.05) is 0 Å². The van der Waals surface area contributed by atoms with Gasteiger partial charge in [0, 0.05) is 17.7 Å². The second kappa shape index (κ2) is 22.2. The average molecular weight is 406 g/mol. The van der Waals surface area contributed by atoms with Gasteiger partial charge in [-0.1, -0.05) is 49.5 Å². The summed E-state index contributed by atoms with van der Waals surface area (Å²) in [5.74, 6) is -2.11. The normalized spacial score (nSPS) is 7.69. The van der Waals surface area contributed by atoms with Crippen molar-refractivity contribution in [3.63, 3.8) is 0 Å².